The summed E-state index contributed by atoms with van der Waals surface area (Å²) in [5.74, 6) is 0. The summed E-state index contributed by atoms with van der Waals surface area (Å²) in [6.07, 6.45) is 0. The first-order chi connectivity index (χ1) is 11.0. The van der Waals surface area contributed by atoms with Crippen molar-refractivity contribution in [1.82, 2.24) is 4.90 Å². The highest BCUT2D eigenvalue weighted by molar-refractivity contribution is 6.42. The van der Waals surface area contributed by atoms with Gasteiger partial charge in [-0.15, -0.1) is 0 Å². The maximum Gasteiger partial charge on any atom is 0.0637 e. The highest BCUT2D eigenvalue weighted by atomic mass is 35.5. The molecule has 1 fully saturated rings. The molecule has 1 saturated heterocycles. The second kappa shape index (κ2) is 7.12. The fourth-order valence-electron chi connectivity index (χ4n) is 3.12. The van der Waals surface area contributed by atoms with Crippen LogP contribution in [0, 0.1) is 13.8 Å². The van der Waals surface area contributed by atoms with Crippen molar-refractivity contribution in [1.29, 1.82) is 0 Å². The van der Waals surface area contributed by atoms with Crippen LogP contribution in [0.1, 0.15) is 16.7 Å². The van der Waals surface area contributed by atoms with E-state index in [0.29, 0.717) is 10.0 Å². The standard InChI is InChI=1S/C19H22Cl2N2/c1-14-6-7-15(2)18(12-14)23-10-8-22(9-11-23)13-16-4-3-5-17(20)19(16)21/h3-7,12H,8-11,13H2,1-2H3. The highest BCUT2D eigenvalue weighted by Crippen LogP contribution is 2.27. The van der Waals surface area contributed by atoms with Gasteiger partial charge in [0.25, 0.3) is 0 Å². The van der Waals surface area contributed by atoms with Crippen LogP contribution in [0.15, 0.2) is 36.4 Å². The summed E-state index contributed by atoms with van der Waals surface area (Å²) in [5, 5.41) is 1.32. The van der Waals surface area contributed by atoms with E-state index >= 15 is 0 Å². The predicted molar refractivity (Wildman–Crippen MR) is 99.9 cm³/mol. The molecule has 0 saturated carbocycles. The minimum Gasteiger partial charge on any atom is -0.369 e. The molecular weight excluding hydrogens is 327 g/mol. The fourth-order valence-corrected chi connectivity index (χ4v) is 3.50. The van der Waals surface area contributed by atoms with Crippen molar-refractivity contribution in [2.45, 2.75) is 20.4 Å². The molecule has 0 aromatic heterocycles. The summed E-state index contributed by atoms with van der Waals surface area (Å²) in [5.41, 5.74) is 5.14. The lowest BCUT2D eigenvalue weighted by atomic mass is 10.1. The summed E-state index contributed by atoms with van der Waals surface area (Å²) in [6, 6.07) is 12.5. The van der Waals surface area contributed by atoms with Crippen LogP contribution >= 0.6 is 23.2 Å². The van der Waals surface area contributed by atoms with Crippen molar-refractivity contribution in [3.63, 3.8) is 0 Å². The third-order valence-electron chi connectivity index (χ3n) is 4.50. The van der Waals surface area contributed by atoms with Crippen molar-refractivity contribution in [3.05, 3.63) is 63.1 Å². The zero-order valence-electron chi connectivity index (χ0n) is 13.6. The number of benzene rings is 2. The van der Waals surface area contributed by atoms with E-state index in [0.717, 1.165) is 38.3 Å². The molecule has 0 radical (unpaired) electrons. The third kappa shape index (κ3) is 3.82. The number of halogens is 2. The van der Waals surface area contributed by atoms with Gasteiger partial charge in [-0.25, -0.2) is 0 Å². The van der Waals surface area contributed by atoms with Gasteiger partial charge in [0, 0.05) is 38.4 Å². The van der Waals surface area contributed by atoms with Crippen molar-refractivity contribution >= 4 is 28.9 Å². The Hall–Kier alpha value is -1.22. The van der Waals surface area contributed by atoms with Crippen molar-refractivity contribution < 1.29 is 0 Å². The normalized spacial score (nSPS) is 15.9. The second-order valence-corrected chi connectivity index (χ2v) is 7.05. The molecule has 122 valence electrons. The number of piperazine rings is 1. The molecule has 0 N–H and O–H groups in total. The number of rotatable bonds is 3. The van der Waals surface area contributed by atoms with E-state index < -0.39 is 0 Å². The van der Waals surface area contributed by atoms with Gasteiger partial charge in [0.1, 0.15) is 0 Å². The average Bonchev–Trinajstić information content (AvgIpc) is 2.55. The number of nitrogens with zero attached hydrogens (tertiary/aromatic N) is 2. The summed E-state index contributed by atoms with van der Waals surface area (Å²) < 4.78 is 0. The molecule has 1 aliphatic rings. The molecule has 1 aliphatic heterocycles. The van der Waals surface area contributed by atoms with E-state index in [4.69, 9.17) is 23.2 Å². The van der Waals surface area contributed by atoms with Crippen molar-refractivity contribution in [3.8, 4) is 0 Å². The molecule has 3 rings (SSSR count). The van der Waals surface area contributed by atoms with E-state index in [1.165, 1.54) is 16.8 Å². The van der Waals surface area contributed by atoms with E-state index in [1.54, 1.807) is 0 Å². The lowest BCUT2D eigenvalue weighted by Crippen LogP contribution is -2.46. The number of anilines is 1. The Balaban J connectivity index is 1.64. The topological polar surface area (TPSA) is 6.48 Å². The molecule has 0 amide bonds. The van der Waals surface area contributed by atoms with Gasteiger partial charge in [0.05, 0.1) is 10.0 Å². The van der Waals surface area contributed by atoms with Crippen LogP contribution in [0.3, 0.4) is 0 Å². The van der Waals surface area contributed by atoms with Crippen molar-refractivity contribution in [2.24, 2.45) is 0 Å². The molecule has 0 unspecified atom stereocenters. The molecule has 0 atom stereocenters. The Bertz CT molecular complexity index is 692. The first-order valence-corrected chi connectivity index (χ1v) is 8.77. The summed E-state index contributed by atoms with van der Waals surface area (Å²) in [4.78, 5) is 4.93. The highest BCUT2D eigenvalue weighted by Gasteiger charge is 2.19. The van der Waals surface area contributed by atoms with E-state index in [2.05, 4.69) is 47.9 Å². The van der Waals surface area contributed by atoms with Gasteiger partial charge in [-0.2, -0.15) is 0 Å². The Morgan fingerprint density at radius 1 is 0.957 bits per heavy atom. The zero-order valence-corrected chi connectivity index (χ0v) is 15.2. The molecule has 4 heteroatoms. The Morgan fingerprint density at radius 3 is 2.43 bits per heavy atom. The summed E-state index contributed by atoms with van der Waals surface area (Å²) in [6.45, 7) is 9.37. The van der Waals surface area contributed by atoms with Gasteiger partial charge < -0.3 is 4.90 Å². The molecule has 0 aliphatic carbocycles. The second-order valence-electron chi connectivity index (χ2n) is 6.27. The van der Waals surface area contributed by atoms with Crippen LogP contribution in [0.4, 0.5) is 5.69 Å². The molecule has 23 heavy (non-hydrogen) atoms. The third-order valence-corrected chi connectivity index (χ3v) is 5.36. The van der Waals surface area contributed by atoms with Gasteiger partial charge in [0.2, 0.25) is 0 Å². The van der Waals surface area contributed by atoms with Gasteiger partial charge >= 0.3 is 0 Å². The Kier molecular flexibility index (Phi) is 5.15. The quantitative estimate of drug-likeness (QED) is 0.775. The van der Waals surface area contributed by atoms with Crippen LogP contribution in [-0.4, -0.2) is 31.1 Å². The Labute approximate surface area is 148 Å². The van der Waals surface area contributed by atoms with Gasteiger partial charge in [-0.1, -0.05) is 47.5 Å². The lowest BCUT2D eigenvalue weighted by molar-refractivity contribution is 0.250. The van der Waals surface area contributed by atoms with Crippen molar-refractivity contribution in [2.75, 3.05) is 31.1 Å². The largest absolute Gasteiger partial charge is 0.369 e. The minimum absolute atomic E-state index is 0.637. The molecular formula is C19H22Cl2N2. The first kappa shape index (κ1) is 16.6. The maximum atomic E-state index is 6.31. The van der Waals surface area contributed by atoms with Crippen LogP contribution in [-0.2, 0) is 6.54 Å². The summed E-state index contributed by atoms with van der Waals surface area (Å²) in [7, 11) is 0. The lowest BCUT2D eigenvalue weighted by Gasteiger charge is -2.37. The SMILES string of the molecule is Cc1ccc(C)c(N2CCN(Cc3cccc(Cl)c3Cl)CC2)c1. The van der Waals surface area contributed by atoms with E-state index in [9.17, 15) is 0 Å². The molecule has 2 aromatic carbocycles. The number of aryl methyl sites for hydroxylation is 2. The monoisotopic (exact) mass is 348 g/mol. The van der Waals surface area contributed by atoms with Crippen LogP contribution in [0.25, 0.3) is 0 Å². The zero-order chi connectivity index (χ0) is 16.4. The van der Waals surface area contributed by atoms with E-state index in [-0.39, 0.29) is 0 Å². The van der Waals surface area contributed by atoms with Gasteiger partial charge in [-0.3, -0.25) is 4.90 Å². The molecule has 0 bridgehead atoms. The van der Waals surface area contributed by atoms with Crippen LogP contribution < -0.4 is 4.90 Å². The smallest absolute Gasteiger partial charge is 0.0637 e. The van der Waals surface area contributed by atoms with Crippen LogP contribution in [0.2, 0.25) is 10.0 Å². The molecule has 0 spiro atoms. The number of hydrogen-bond donors (Lipinski definition) is 0. The van der Waals surface area contributed by atoms with Gasteiger partial charge in [-0.05, 0) is 42.7 Å². The molecule has 1 heterocycles. The average molecular weight is 349 g/mol. The Morgan fingerprint density at radius 2 is 1.70 bits per heavy atom. The van der Waals surface area contributed by atoms with Gasteiger partial charge in [0.15, 0.2) is 0 Å². The maximum absolute atomic E-state index is 6.31. The predicted octanol–water partition coefficient (Wildman–Crippen LogP) is 4.93. The minimum atomic E-state index is 0.637. The van der Waals surface area contributed by atoms with Crippen LogP contribution in [0.5, 0.6) is 0 Å². The van der Waals surface area contributed by atoms with E-state index in [1.807, 2.05) is 12.1 Å². The molecule has 2 nitrogen and oxygen atoms in total. The fraction of sp³-hybridized carbons (Fsp3) is 0.368. The number of hydrogen-bond acceptors (Lipinski definition) is 2. The summed E-state index contributed by atoms with van der Waals surface area (Å²) >= 11 is 12.4. The first-order valence-electron chi connectivity index (χ1n) is 8.02. The molecule has 2 aromatic rings.